The fourth-order valence-corrected chi connectivity index (χ4v) is 5.77. The van der Waals surface area contributed by atoms with Crippen LogP contribution in [0.5, 0.6) is 11.5 Å². The maximum Gasteiger partial charge on any atom is 0.187 e. The van der Waals surface area contributed by atoms with Crippen LogP contribution in [0, 0.1) is 29.5 Å². The first kappa shape index (κ1) is 23.7. The fraction of sp³-hybridized carbons (Fsp3) is 0.769. The molecule has 30 heavy (non-hydrogen) atoms. The van der Waals surface area contributed by atoms with Crippen LogP contribution in [0.2, 0.25) is 5.02 Å². The van der Waals surface area contributed by atoms with Crippen LogP contribution in [0.4, 0.5) is 4.39 Å². The summed E-state index contributed by atoms with van der Waals surface area (Å²) in [7, 11) is 0. The van der Waals surface area contributed by atoms with Crippen molar-refractivity contribution in [3.63, 3.8) is 0 Å². The van der Waals surface area contributed by atoms with Gasteiger partial charge in [-0.25, -0.2) is 4.39 Å². The van der Waals surface area contributed by atoms with Crippen LogP contribution >= 0.6 is 11.6 Å². The Morgan fingerprint density at radius 2 is 1.43 bits per heavy atom. The minimum absolute atomic E-state index is 0.0170. The molecule has 0 radical (unpaired) electrons. The van der Waals surface area contributed by atoms with Crippen molar-refractivity contribution in [3.05, 3.63) is 23.0 Å². The third kappa shape index (κ3) is 6.52. The van der Waals surface area contributed by atoms with Crippen molar-refractivity contribution in [1.29, 1.82) is 0 Å². The first-order valence-corrected chi connectivity index (χ1v) is 12.7. The van der Waals surface area contributed by atoms with Crippen LogP contribution in [0.3, 0.4) is 0 Å². The zero-order valence-electron chi connectivity index (χ0n) is 18.9. The molecule has 3 rings (SSSR count). The van der Waals surface area contributed by atoms with Gasteiger partial charge in [0.2, 0.25) is 0 Å². The lowest BCUT2D eigenvalue weighted by atomic mass is 9.69. The van der Waals surface area contributed by atoms with Gasteiger partial charge in [0.05, 0.1) is 13.2 Å². The van der Waals surface area contributed by atoms with Crippen molar-refractivity contribution in [1.82, 2.24) is 0 Å². The van der Waals surface area contributed by atoms with Gasteiger partial charge in [-0.1, -0.05) is 57.0 Å². The van der Waals surface area contributed by atoms with Crippen molar-refractivity contribution < 1.29 is 13.9 Å². The van der Waals surface area contributed by atoms with E-state index in [1.165, 1.54) is 77.0 Å². The molecule has 0 spiro atoms. The smallest absolute Gasteiger partial charge is 0.187 e. The Hall–Kier alpha value is -0.960. The number of ether oxygens (including phenoxy) is 2. The minimum Gasteiger partial charge on any atom is -0.492 e. The Morgan fingerprint density at radius 3 is 2.03 bits per heavy atom. The summed E-state index contributed by atoms with van der Waals surface area (Å²) in [5, 5.41) is 0.0170. The largest absolute Gasteiger partial charge is 0.492 e. The lowest BCUT2D eigenvalue weighted by molar-refractivity contribution is 0.120. The van der Waals surface area contributed by atoms with Gasteiger partial charge in [0.1, 0.15) is 10.8 Å². The van der Waals surface area contributed by atoms with Crippen molar-refractivity contribution in [2.75, 3.05) is 13.2 Å². The van der Waals surface area contributed by atoms with E-state index in [2.05, 4.69) is 6.92 Å². The van der Waals surface area contributed by atoms with Gasteiger partial charge < -0.3 is 9.47 Å². The van der Waals surface area contributed by atoms with Gasteiger partial charge in [0.25, 0.3) is 0 Å². The Kier molecular flexibility index (Phi) is 9.62. The van der Waals surface area contributed by atoms with Crippen LogP contribution in [0.25, 0.3) is 0 Å². The highest BCUT2D eigenvalue weighted by atomic mass is 35.5. The van der Waals surface area contributed by atoms with Crippen molar-refractivity contribution in [3.8, 4) is 11.5 Å². The van der Waals surface area contributed by atoms with E-state index in [4.69, 9.17) is 21.1 Å². The average Bonchev–Trinajstić information content (AvgIpc) is 2.78. The SMILES string of the molecule is CCCCCC1CCC(C2CCC(COc3ccc(OCC)c(Cl)c3F)CC2)CC1. The molecule has 0 N–H and O–H groups in total. The first-order valence-electron chi connectivity index (χ1n) is 12.4. The minimum atomic E-state index is -0.507. The van der Waals surface area contributed by atoms with Gasteiger partial charge in [-0.2, -0.15) is 0 Å². The molecule has 0 aliphatic heterocycles. The molecule has 2 saturated carbocycles. The van der Waals surface area contributed by atoms with Gasteiger partial charge in [0.15, 0.2) is 11.6 Å². The van der Waals surface area contributed by atoms with Gasteiger partial charge in [-0.3, -0.25) is 0 Å². The molecule has 0 amide bonds. The predicted molar refractivity (Wildman–Crippen MR) is 123 cm³/mol. The highest BCUT2D eigenvalue weighted by Gasteiger charge is 2.31. The number of hydrogen-bond donors (Lipinski definition) is 0. The number of benzene rings is 1. The van der Waals surface area contributed by atoms with Gasteiger partial charge in [-0.15, -0.1) is 0 Å². The molecule has 0 saturated heterocycles. The van der Waals surface area contributed by atoms with Crippen molar-refractivity contribution in [2.45, 2.75) is 90.9 Å². The molecule has 1 aromatic rings. The number of halogens is 2. The van der Waals surface area contributed by atoms with E-state index in [1.54, 1.807) is 12.1 Å². The van der Waals surface area contributed by atoms with E-state index in [-0.39, 0.29) is 10.8 Å². The van der Waals surface area contributed by atoms with E-state index in [0.717, 1.165) is 17.8 Å². The maximum absolute atomic E-state index is 14.4. The molecule has 2 aliphatic carbocycles. The number of unbranched alkanes of at least 4 members (excludes halogenated alkanes) is 2. The molecule has 0 heterocycles. The monoisotopic (exact) mass is 438 g/mol. The van der Waals surface area contributed by atoms with E-state index in [0.29, 0.717) is 24.9 Å². The predicted octanol–water partition coefficient (Wildman–Crippen LogP) is 8.45. The highest BCUT2D eigenvalue weighted by Crippen LogP contribution is 2.42. The number of rotatable bonds is 10. The molecule has 170 valence electrons. The van der Waals surface area contributed by atoms with Crippen molar-refractivity contribution >= 4 is 11.6 Å². The Morgan fingerprint density at radius 1 is 0.833 bits per heavy atom. The van der Waals surface area contributed by atoms with Crippen LogP contribution in [-0.2, 0) is 0 Å². The molecule has 0 aromatic heterocycles. The zero-order valence-corrected chi connectivity index (χ0v) is 19.7. The lowest BCUT2D eigenvalue weighted by Gasteiger charge is -2.38. The van der Waals surface area contributed by atoms with Gasteiger partial charge in [-0.05, 0) is 81.3 Å². The van der Waals surface area contributed by atoms with E-state index < -0.39 is 5.82 Å². The van der Waals surface area contributed by atoms with Crippen LogP contribution in [-0.4, -0.2) is 13.2 Å². The summed E-state index contributed by atoms with van der Waals surface area (Å²) in [6, 6.07) is 3.33. The summed E-state index contributed by atoms with van der Waals surface area (Å²) in [5.74, 6) is 3.47. The third-order valence-corrected chi connectivity index (χ3v) is 7.80. The second-order valence-electron chi connectivity index (χ2n) is 9.49. The van der Waals surface area contributed by atoms with Crippen LogP contribution in [0.1, 0.15) is 90.9 Å². The fourth-order valence-electron chi connectivity index (χ4n) is 5.56. The van der Waals surface area contributed by atoms with Gasteiger partial charge in [0, 0.05) is 0 Å². The van der Waals surface area contributed by atoms with Crippen LogP contribution in [0.15, 0.2) is 12.1 Å². The lowest BCUT2D eigenvalue weighted by Crippen LogP contribution is -2.27. The molecular formula is C26H40ClFO2. The molecule has 2 nitrogen and oxygen atoms in total. The summed E-state index contributed by atoms with van der Waals surface area (Å²) in [6.07, 6.45) is 16.4. The Bertz CT molecular complexity index is 634. The quantitative estimate of drug-likeness (QED) is 0.341. The molecule has 4 heteroatoms. The summed E-state index contributed by atoms with van der Waals surface area (Å²) in [5.41, 5.74) is 0. The standard InChI is InChI=1S/C26H40ClFO2/c1-3-5-6-7-19-8-12-21(13-9-19)22-14-10-20(11-15-22)18-30-24-17-16-23(29-4-2)25(27)26(24)28/h16-17,19-22H,3-15,18H2,1-2H3. The summed E-state index contributed by atoms with van der Waals surface area (Å²) >= 11 is 6.07. The normalized spacial score (nSPS) is 27.1. The number of hydrogen-bond acceptors (Lipinski definition) is 2. The topological polar surface area (TPSA) is 18.5 Å². The molecule has 2 fully saturated rings. The summed E-state index contributed by atoms with van der Waals surface area (Å²) in [6.45, 7) is 5.19. The van der Waals surface area contributed by atoms with E-state index in [9.17, 15) is 4.39 Å². The average molecular weight is 439 g/mol. The summed E-state index contributed by atoms with van der Waals surface area (Å²) in [4.78, 5) is 0. The second kappa shape index (κ2) is 12.2. The third-order valence-electron chi connectivity index (χ3n) is 7.45. The maximum atomic E-state index is 14.4. The molecular weight excluding hydrogens is 399 g/mol. The first-order chi connectivity index (χ1) is 14.6. The van der Waals surface area contributed by atoms with Gasteiger partial charge >= 0.3 is 0 Å². The zero-order chi connectivity index (χ0) is 21.3. The second-order valence-corrected chi connectivity index (χ2v) is 9.87. The van der Waals surface area contributed by atoms with Crippen LogP contribution < -0.4 is 9.47 Å². The van der Waals surface area contributed by atoms with E-state index in [1.807, 2.05) is 6.92 Å². The molecule has 0 bridgehead atoms. The highest BCUT2D eigenvalue weighted by molar-refractivity contribution is 6.32. The molecule has 2 aliphatic rings. The van der Waals surface area contributed by atoms with Crippen molar-refractivity contribution in [2.24, 2.45) is 23.7 Å². The Balaban J connectivity index is 1.38. The molecule has 0 unspecified atom stereocenters. The van der Waals surface area contributed by atoms with E-state index >= 15 is 0 Å². The Labute approximate surface area is 187 Å². The molecule has 1 aromatic carbocycles. The molecule has 0 atom stereocenters. The summed E-state index contributed by atoms with van der Waals surface area (Å²) < 4.78 is 25.6.